The summed E-state index contributed by atoms with van der Waals surface area (Å²) in [5, 5.41) is 11.2. The lowest BCUT2D eigenvalue weighted by Gasteiger charge is -2.05. The molecule has 0 aromatic carbocycles. The van der Waals surface area contributed by atoms with Crippen LogP contribution < -0.4 is 5.32 Å². The first-order valence-corrected chi connectivity index (χ1v) is 4.60. The van der Waals surface area contributed by atoms with Crippen LogP contribution >= 0.6 is 0 Å². The lowest BCUT2D eigenvalue weighted by atomic mass is 10.0. The molecule has 0 bridgehead atoms. The van der Waals surface area contributed by atoms with E-state index in [-0.39, 0.29) is 18.2 Å². The van der Waals surface area contributed by atoms with Crippen molar-refractivity contribution >= 4 is 11.9 Å². The Kier molecular flexibility index (Phi) is 5.60. The first-order chi connectivity index (χ1) is 6.47. The summed E-state index contributed by atoms with van der Waals surface area (Å²) < 4.78 is 0. The molecule has 80 valence electrons. The molecule has 0 aliphatic heterocycles. The summed E-state index contributed by atoms with van der Waals surface area (Å²) in [4.78, 5) is 21.6. The largest absolute Gasteiger partial charge is 0.478 e. The second-order valence-electron chi connectivity index (χ2n) is 3.51. The maximum absolute atomic E-state index is 10.9. The van der Waals surface area contributed by atoms with Gasteiger partial charge in [0.15, 0.2) is 0 Å². The lowest BCUT2D eigenvalue weighted by molar-refractivity contribution is -0.132. The summed E-state index contributed by atoms with van der Waals surface area (Å²) in [6.07, 6.45) is 2.10. The molecule has 0 saturated carbocycles. The van der Waals surface area contributed by atoms with Gasteiger partial charge in [-0.2, -0.15) is 0 Å². The van der Waals surface area contributed by atoms with Gasteiger partial charge in [0.1, 0.15) is 0 Å². The van der Waals surface area contributed by atoms with Gasteiger partial charge >= 0.3 is 5.97 Å². The van der Waals surface area contributed by atoms with Gasteiger partial charge in [-0.05, 0) is 12.3 Å². The summed E-state index contributed by atoms with van der Waals surface area (Å²) in [7, 11) is 1.53. The van der Waals surface area contributed by atoms with Crippen molar-refractivity contribution in [2.24, 2.45) is 5.92 Å². The van der Waals surface area contributed by atoms with Crippen molar-refractivity contribution in [3.05, 3.63) is 11.6 Å². The highest BCUT2D eigenvalue weighted by Gasteiger charge is 2.09. The van der Waals surface area contributed by atoms with Gasteiger partial charge < -0.3 is 10.4 Å². The van der Waals surface area contributed by atoms with Crippen molar-refractivity contribution in [1.29, 1.82) is 0 Å². The molecule has 0 radical (unpaired) electrons. The van der Waals surface area contributed by atoms with Gasteiger partial charge in [-0.15, -0.1) is 0 Å². The summed E-state index contributed by atoms with van der Waals surface area (Å²) in [5.41, 5.74) is 0.309. The molecule has 0 atom stereocenters. The topological polar surface area (TPSA) is 66.4 Å². The molecular weight excluding hydrogens is 182 g/mol. The molecule has 0 unspecified atom stereocenters. The lowest BCUT2D eigenvalue weighted by Crippen LogP contribution is -2.17. The van der Waals surface area contributed by atoms with E-state index in [4.69, 9.17) is 5.11 Å². The van der Waals surface area contributed by atoms with Crippen LogP contribution in [-0.2, 0) is 9.59 Å². The third-order valence-corrected chi connectivity index (χ3v) is 1.72. The molecule has 1 amide bonds. The highest BCUT2D eigenvalue weighted by atomic mass is 16.4. The maximum Gasteiger partial charge on any atom is 0.331 e. The highest BCUT2D eigenvalue weighted by Crippen LogP contribution is 2.11. The number of hydrogen-bond donors (Lipinski definition) is 2. The Bertz CT molecular complexity index is 244. The van der Waals surface area contributed by atoms with E-state index < -0.39 is 5.97 Å². The Hall–Kier alpha value is -1.32. The molecule has 2 N–H and O–H groups in total. The quantitative estimate of drug-likeness (QED) is 0.653. The van der Waals surface area contributed by atoms with E-state index in [1.54, 1.807) is 0 Å². The molecule has 0 fully saturated rings. The second-order valence-corrected chi connectivity index (χ2v) is 3.51. The summed E-state index contributed by atoms with van der Waals surface area (Å²) in [6, 6.07) is 0. The first kappa shape index (κ1) is 12.7. The zero-order valence-electron chi connectivity index (χ0n) is 8.83. The number of hydrogen-bond acceptors (Lipinski definition) is 2. The van der Waals surface area contributed by atoms with Gasteiger partial charge in [0.25, 0.3) is 0 Å². The zero-order chi connectivity index (χ0) is 11.1. The van der Waals surface area contributed by atoms with E-state index in [1.807, 2.05) is 13.8 Å². The molecule has 0 saturated heterocycles. The minimum Gasteiger partial charge on any atom is -0.478 e. The van der Waals surface area contributed by atoms with Gasteiger partial charge in [0, 0.05) is 19.0 Å². The van der Waals surface area contributed by atoms with Crippen LogP contribution in [0.3, 0.4) is 0 Å². The fourth-order valence-electron chi connectivity index (χ4n) is 1.02. The number of carboxylic acid groups (broad SMARTS) is 1. The fourth-order valence-corrected chi connectivity index (χ4v) is 1.02. The van der Waals surface area contributed by atoms with Gasteiger partial charge in [0.2, 0.25) is 5.91 Å². The van der Waals surface area contributed by atoms with Gasteiger partial charge in [0.05, 0.1) is 0 Å². The average molecular weight is 199 g/mol. The van der Waals surface area contributed by atoms with E-state index >= 15 is 0 Å². The molecule has 14 heavy (non-hydrogen) atoms. The molecule has 0 rings (SSSR count). The van der Waals surface area contributed by atoms with E-state index in [2.05, 4.69) is 5.32 Å². The van der Waals surface area contributed by atoms with Gasteiger partial charge in [-0.1, -0.05) is 19.9 Å². The number of amides is 1. The van der Waals surface area contributed by atoms with Crippen molar-refractivity contribution < 1.29 is 14.7 Å². The van der Waals surface area contributed by atoms with Gasteiger partial charge in [-0.25, -0.2) is 4.79 Å². The SMILES string of the molecule is CNC(=O)C/C=C(/CC(C)C)C(=O)O. The zero-order valence-corrected chi connectivity index (χ0v) is 8.83. The minimum atomic E-state index is -0.942. The molecule has 0 spiro atoms. The molecule has 0 aliphatic rings. The van der Waals surface area contributed by atoms with Crippen molar-refractivity contribution in [2.75, 3.05) is 7.05 Å². The summed E-state index contributed by atoms with van der Waals surface area (Å²) >= 11 is 0. The Balaban J connectivity index is 4.33. The van der Waals surface area contributed by atoms with Crippen LogP contribution in [0.1, 0.15) is 26.7 Å². The number of aliphatic carboxylic acids is 1. The average Bonchev–Trinajstić information content (AvgIpc) is 2.10. The Morgan fingerprint density at radius 2 is 2.00 bits per heavy atom. The Morgan fingerprint density at radius 1 is 1.43 bits per heavy atom. The van der Waals surface area contributed by atoms with Crippen LogP contribution in [0.25, 0.3) is 0 Å². The molecule has 4 heteroatoms. The minimum absolute atomic E-state index is 0.130. The van der Waals surface area contributed by atoms with Crippen LogP contribution in [0.5, 0.6) is 0 Å². The molecule has 0 aromatic heterocycles. The second kappa shape index (κ2) is 6.18. The summed E-state index contributed by atoms with van der Waals surface area (Å²) in [6.45, 7) is 3.88. The van der Waals surface area contributed by atoms with Crippen molar-refractivity contribution in [1.82, 2.24) is 5.32 Å². The van der Waals surface area contributed by atoms with E-state index in [0.29, 0.717) is 12.0 Å². The smallest absolute Gasteiger partial charge is 0.331 e. The van der Waals surface area contributed by atoms with Crippen LogP contribution in [0, 0.1) is 5.92 Å². The third kappa shape index (κ3) is 5.35. The fraction of sp³-hybridized carbons (Fsp3) is 0.600. The first-order valence-electron chi connectivity index (χ1n) is 4.60. The predicted octanol–water partition coefficient (Wildman–Crippen LogP) is 1.18. The predicted molar refractivity (Wildman–Crippen MR) is 53.9 cm³/mol. The van der Waals surface area contributed by atoms with Crippen LogP contribution in [0.15, 0.2) is 11.6 Å². The van der Waals surface area contributed by atoms with E-state index in [1.165, 1.54) is 13.1 Å². The third-order valence-electron chi connectivity index (χ3n) is 1.72. The number of carbonyl (C=O) groups is 2. The van der Waals surface area contributed by atoms with Crippen LogP contribution in [0.4, 0.5) is 0 Å². The molecule has 0 aliphatic carbocycles. The Morgan fingerprint density at radius 3 is 2.36 bits per heavy atom. The molecular formula is C10H17NO3. The summed E-state index contributed by atoms with van der Waals surface area (Å²) in [5.74, 6) is -0.836. The maximum atomic E-state index is 10.9. The molecule has 0 aromatic rings. The van der Waals surface area contributed by atoms with E-state index in [9.17, 15) is 9.59 Å². The Labute approximate surface area is 84.0 Å². The number of carboxylic acids is 1. The normalized spacial score (nSPS) is 11.6. The monoisotopic (exact) mass is 199 g/mol. The van der Waals surface area contributed by atoms with Crippen molar-refractivity contribution in [3.63, 3.8) is 0 Å². The van der Waals surface area contributed by atoms with Crippen LogP contribution in [-0.4, -0.2) is 24.0 Å². The number of rotatable bonds is 5. The van der Waals surface area contributed by atoms with E-state index in [0.717, 1.165) is 0 Å². The standard InChI is InChI=1S/C10H17NO3/c1-7(2)6-8(10(13)14)4-5-9(12)11-3/h4,7H,5-6H2,1-3H3,(H,11,12)(H,13,14)/b8-4-. The highest BCUT2D eigenvalue weighted by molar-refractivity contribution is 5.88. The molecule has 0 heterocycles. The number of nitrogens with one attached hydrogen (secondary N) is 1. The van der Waals surface area contributed by atoms with Crippen molar-refractivity contribution in [3.8, 4) is 0 Å². The van der Waals surface area contributed by atoms with Crippen LogP contribution in [0.2, 0.25) is 0 Å². The van der Waals surface area contributed by atoms with Crippen molar-refractivity contribution in [2.45, 2.75) is 26.7 Å². The number of carbonyl (C=O) groups excluding carboxylic acids is 1. The van der Waals surface area contributed by atoms with Gasteiger partial charge in [-0.3, -0.25) is 4.79 Å². The molecule has 4 nitrogen and oxygen atoms in total.